The summed E-state index contributed by atoms with van der Waals surface area (Å²) >= 11 is 0. The smallest absolute Gasteiger partial charge is 0.244 e. The summed E-state index contributed by atoms with van der Waals surface area (Å²) in [7, 11) is 0.156. The van der Waals surface area contributed by atoms with Crippen LogP contribution in [0.5, 0.6) is 0 Å². The lowest BCUT2D eigenvalue weighted by molar-refractivity contribution is 0.202. The Hall–Kier alpha value is -1.49. The van der Waals surface area contributed by atoms with Gasteiger partial charge in [-0.3, -0.25) is 0 Å². The van der Waals surface area contributed by atoms with E-state index in [0.717, 1.165) is 25.9 Å². The molecule has 6 nitrogen and oxygen atoms in total. The van der Waals surface area contributed by atoms with Crippen molar-refractivity contribution in [3.8, 4) is 6.07 Å². The van der Waals surface area contributed by atoms with Crippen LogP contribution in [0.4, 0.5) is 0 Å². The summed E-state index contributed by atoms with van der Waals surface area (Å²) in [5.74, 6) is 0.396. The average molecular weight is 308 g/mol. The first-order valence-corrected chi connectivity index (χ1v) is 8.38. The molecule has 1 aromatic rings. The van der Waals surface area contributed by atoms with E-state index in [-0.39, 0.29) is 10.6 Å². The molecule has 0 atom stereocenters. The summed E-state index contributed by atoms with van der Waals surface area (Å²) in [5.41, 5.74) is 0.215. The fourth-order valence-electron chi connectivity index (χ4n) is 2.49. The van der Waals surface area contributed by atoms with Crippen LogP contribution < -0.4 is 0 Å². The monoisotopic (exact) mass is 308 g/mol. The maximum absolute atomic E-state index is 12.5. The molecule has 2 rings (SSSR count). The molecule has 0 spiro atoms. The van der Waals surface area contributed by atoms with Crippen LogP contribution in [-0.4, -0.2) is 56.3 Å². The van der Waals surface area contributed by atoms with Gasteiger partial charge in [-0.15, -0.1) is 0 Å². The highest BCUT2D eigenvalue weighted by atomic mass is 32.2. The third-order valence-electron chi connectivity index (χ3n) is 3.91. The van der Waals surface area contributed by atoms with Gasteiger partial charge in [0.15, 0.2) is 0 Å². The molecule has 21 heavy (non-hydrogen) atoms. The minimum atomic E-state index is -3.53. The molecular formula is C14H20N4O2S. The molecule has 114 valence electrons. The zero-order valence-electron chi connectivity index (χ0n) is 12.4. The van der Waals surface area contributed by atoms with Gasteiger partial charge in [-0.1, -0.05) is 0 Å². The van der Waals surface area contributed by atoms with Gasteiger partial charge in [0.2, 0.25) is 10.0 Å². The van der Waals surface area contributed by atoms with Gasteiger partial charge in [0, 0.05) is 19.8 Å². The first kappa shape index (κ1) is 15.9. The summed E-state index contributed by atoms with van der Waals surface area (Å²) in [6, 6.07) is 4.74. The molecule has 1 aliphatic heterocycles. The summed E-state index contributed by atoms with van der Waals surface area (Å²) in [6.07, 6.45) is 3.28. The molecule has 1 fully saturated rings. The van der Waals surface area contributed by atoms with E-state index in [1.165, 1.54) is 22.6 Å². The average Bonchev–Trinajstić information content (AvgIpc) is 2.49. The van der Waals surface area contributed by atoms with Crippen molar-refractivity contribution in [3.63, 3.8) is 0 Å². The second-order valence-electron chi connectivity index (χ2n) is 5.52. The number of piperidine rings is 1. The quantitative estimate of drug-likeness (QED) is 0.826. The van der Waals surface area contributed by atoms with Gasteiger partial charge in [0.25, 0.3) is 0 Å². The predicted octanol–water partition coefficient (Wildman–Crippen LogP) is 0.916. The van der Waals surface area contributed by atoms with E-state index in [1.807, 2.05) is 6.07 Å². The lowest BCUT2D eigenvalue weighted by Gasteiger charge is -2.31. The third-order valence-corrected chi connectivity index (χ3v) is 5.72. The summed E-state index contributed by atoms with van der Waals surface area (Å²) in [6.45, 7) is 2.55. The van der Waals surface area contributed by atoms with Crippen LogP contribution in [0.25, 0.3) is 0 Å². The Morgan fingerprint density at radius 3 is 2.62 bits per heavy atom. The molecule has 0 N–H and O–H groups in total. The Balaban J connectivity index is 2.06. The second kappa shape index (κ2) is 6.52. The summed E-state index contributed by atoms with van der Waals surface area (Å²) in [4.78, 5) is 6.22. The second-order valence-corrected chi connectivity index (χ2v) is 7.57. The molecule has 1 saturated heterocycles. The SMILES string of the molecule is CN1CCC(CN(C)S(=O)(=O)c2ccc(C#N)nc2)CC1. The van der Waals surface area contributed by atoms with E-state index in [9.17, 15) is 8.42 Å². The molecule has 1 aliphatic rings. The highest BCUT2D eigenvalue weighted by Crippen LogP contribution is 2.20. The first-order valence-electron chi connectivity index (χ1n) is 6.94. The van der Waals surface area contributed by atoms with Gasteiger partial charge in [0.05, 0.1) is 0 Å². The number of aromatic nitrogens is 1. The van der Waals surface area contributed by atoms with Gasteiger partial charge >= 0.3 is 0 Å². The number of likely N-dealkylation sites (tertiary alicyclic amines) is 1. The highest BCUT2D eigenvalue weighted by Gasteiger charge is 2.25. The third kappa shape index (κ3) is 3.79. The minimum Gasteiger partial charge on any atom is -0.306 e. The van der Waals surface area contributed by atoms with Crippen molar-refractivity contribution < 1.29 is 8.42 Å². The van der Waals surface area contributed by atoms with E-state index in [0.29, 0.717) is 12.5 Å². The van der Waals surface area contributed by atoms with Crippen molar-refractivity contribution in [2.75, 3.05) is 33.7 Å². The van der Waals surface area contributed by atoms with Crippen molar-refractivity contribution in [1.82, 2.24) is 14.2 Å². The Kier molecular flexibility index (Phi) is 4.93. The normalized spacial score (nSPS) is 17.8. The maximum Gasteiger partial charge on any atom is 0.244 e. The van der Waals surface area contributed by atoms with Crippen LogP contribution in [0, 0.1) is 17.2 Å². The number of sulfonamides is 1. The van der Waals surface area contributed by atoms with Crippen molar-refractivity contribution in [1.29, 1.82) is 5.26 Å². The van der Waals surface area contributed by atoms with E-state index >= 15 is 0 Å². The van der Waals surface area contributed by atoms with E-state index < -0.39 is 10.0 Å². The molecule has 7 heteroatoms. The molecule has 0 amide bonds. The Labute approximate surface area is 126 Å². The lowest BCUT2D eigenvalue weighted by Crippen LogP contribution is -2.37. The van der Waals surface area contributed by atoms with Gasteiger partial charge in [-0.05, 0) is 51.0 Å². The molecule has 0 unspecified atom stereocenters. The van der Waals surface area contributed by atoms with Crippen LogP contribution in [0.3, 0.4) is 0 Å². The number of hydrogen-bond donors (Lipinski definition) is 0. The lowest BCUT2D eigenvalue weighted by atomic mass is 9.97. The summed E-state index contributed by atoms with van der Waals surface area (Å²) in [5, 5.41) is 8.70. The Morgan fingerprint density at radius 1 is 1.43 bits per heavy atom. The van der Waals surface area contributed by atoms with Crippen molar-refractivity contribution >= 4 is 10.0 Å². The van der Waals surface area contributed by atoms with Crippen molar-refractivity contribution in [3.05, 3.63) is 24.0 Å². The minimum absolute atomic E-state index is 0.136. The molecule has 1 aromatic heterocycles. The fourth-order valence-corrected chi connectivity index (χ4v) is 3.68. The molecule has 0 bridgehead atoms. The van der Waals surface area contributed by atoms with Gasteiger partial charge in [0.1, 0.15) is 16.7 Å². The van der Waals surface area contributed by atoms with E-state index in [2.05, 4.69) is 16.9 Å². The van der Waals surface area contributed by atoms with Crippen LogP contribution in [-0.2, 0) is 10.0 Å². The van der Waals surface area contributed by atoms with Crippen molar-refractivity contribution in [2.24, 2.45) is 5.92 Å². The standard InChI is InChI=1S/C14H20N4O2S/c1-17-7-5-12(6-8-17)11-18(2)21(19,20)14-4-3-13(9-15)16-10-14/h3-4,10,12H,5-8,11H2,1-2H3. The van der Waals surface area contributed by atoms with Crippen LogP contribution in [0.1, 0.15) is 18.5 Å². The fraction of sp³-hybridized carbons (Fsp3) is 0.571. The molecule has 0 radical (unpaired) electrons. The molecule has 0 aromatic carbocycles. The number of pyridine rings is 1. The number of rotatable bonds is 4. The van der Waals surface area contributed by atoms with E-state index in [4.69, 9.17) is 5.26 Å². The number of nitrogens with zero attached hydrogens (tertiary/aromatic N) is 4. The maximum atomic E-state index is 12.5. The Bertz CT molecular complexity index is 613. The van der Waals surface area contributed by atoms with Crippen LogP contribution >= 0.6 is 0 Å². The zero-order chi connectivity index (χ0) is 15.5. The number of hydrogen-bond acceptors (Lipinski definition) is 5. The van der Waals surface area contributed by atoms with Crippen molar-refractivity contribution in [2.45, 2.75) is 17.7 Å². The largest absolute Gasteiger partial charge is 0.306 e. The van der Waals surface area contributed by atoms with E-state index in [1.54, 1.807) is 7.05 Å². The molecule has 0 saturated carbocycles. The predicted molar refractivity (Wildman–Crippen MR) is 79.0 cm³/mol. The topological polar surface area (TPSA) is 77.3 Å². The van der Waals surface area contributed by atoms with Crippen LogP contribution in [0.2, 0.25) is 0 Å². The molecule has 2 heterocycles. The number of nitriles is 1. The Morgan fingerprint density at radius 2 is 2.10 bits per heavy atom. The molecular weight excluding hydrogens is 288 g/mol. The van der Waals surface area contributed by atoms with Gasteiger partial charge in [-0.2, -0.15) is 5.26 Å². The zero-order valence-corrected chi connectivity index (χ0v) is 13.2. The van der Waals surface area contributed by atoms with Gasteiger partial charge in [-0.25, -0.2) is 17.7 Å². The first-order chi connectivity index (χ1) is 9.93. The highest BCUT2D eigenvalue weighted by molar-refractivity contribution is 7.89. The molecule has 0 aliphatic carbocycles. The van der Waals surface area contributed by atoms with Gasteiger partial charge < -0.3 is 4.90 Å². The summed E-state index contributed by atoms with van der Waals surface area (Å²) < 4.78 is 26.3. The van der Waals surface area contributed by atoms with Crippen LogP contribution in [0.15, 0.2) is 23.2 Å².